The number of alkyl halides is 1. The molecule has 0 amide bonds. The number of ether oxygens (including phenoxy) is 2. The van der Waals surface area contributed by atoms with Crippen molar-refractivity contribution >= 4 is 17.4 Å². The lowest BCUT2D eigenvalue weighted by Gasteiger charge is -2.37. The van der Waals surface area contributed by atoms with E-state index in [-0.39, 0.29) is 18.7 Å². The Kier molecular flexibility index (Phi) is 6.91. The number of para-hydroxylation sites is 1. The SMILES string of the molecule is C/N=C\c1ccccc1C1=C(C)c2ccccc2OC1c1ccc(OCCN2CC(CF)C2)cn1. The number of benzene rings is 2. The molecule has 0 saturated carbocycles. The van der Waals surface area contributed by atoms with Gasteiger partial charge in [0.15, 0.2) is 6.10 Å². The minimum absolute atomic E-state index is 0.191. The fraction of sp³-hybridized carbons (Fsp3) is 0.310. The molecule has 3 heterocycles. The van der Waals surface area contributed by atoms with Crippen molar-refractivity contribution in [2.45, 2.75) is 13.0 Å². The van der Waals surface area contributed by atoms with Crippen molar-refractivity contribution in [1.29, 1.82) is 0 Å². The van der Waals surface area contributed by atoms with E-state index in [9.17, 15) is 4.39 Å². The van der Waals surface area contributed by atoms with Gasteiger partial charge in [0.25, 0.3) is 0 Å². The molecular formula is C29H30FN3O2. The van der Waals surface area contributed by atoms with Crippen LogP contribution < -0.4 is 9.47 Å². The minimum atomic E-state index is -0.357. The number of likely N-dealkylation sites (tertiary alicyclic amines) is 1. The van der Waals surface area contributed by atoms with Gasteiger partial charge in [-0.15, -0.1) is 0 Å². The highest BCUT2D eigenvalue weighted by Gasteiger charge is 2.31. The fourth-order valence-corrected chi connectivity index (χ4v) is 4.83. The highest BCUT2D eigenvalue weighted by atomic mass is 19.1. The number of rotatable bonds is 8. The summed E-state index contributed by atoms with van der Waals surface area (Å²) < 4.78 is 25.0. The van der Waals surface area contributed by atoms with Crippen LogP contribution in [0.25, 0.3) is 11.1 Å². The Morgan fingerprint density at radius 1 is 1.09 bits per heavy atom. The van der Waals surface area contributed by atoms with Crippen LogP contribution in [0.2, 0.25) is 0 Å². The van der Waals surface area contributed by atoms with Gasteiger partial charge in [0.2, 0.25) is 0 Å². The smallest absolute Gasteiger partial charge is 0.166 e. The van der Waals surface area contributed by atoms with Crippen LogP contribution in [0.3, 0.4) is 0 Å². The zero-order chi connectivity index (χ0) is 24.2. The van der Waals surface area contributed by atoms with Crippen LogP contribution in [-0.4, -0.2) is 56.1 Å². The third kappa shape index (κ3) is 4.84. The van der Waals surface area contributed by atoms with E-state index in [1.165, 1.54) is 0 Å². The van der Waals surface area contributed by atoms with Gasteiger partial charge in [0.1, 0.15) is 18.1 Å². The number of aliphatic imine (C=N–C) groups is 1. The average Bonchev–Trinajstić information content (AvgIpc) is 2.86. The van der Waals surface area contributed by atoms with Crippen LogP contribution in [0.15, 0.2) is 71.9 Å². The average molecular weight is 472 g/mol. The second-order valence-electron chi connectivity index (χ2n) is 9.05. The summed E-state index contributed by atoms with van der Waals surface area (Å²) in [6.07, 6.45) is 3.28. The summed E-state index contributed by atoms with van der Waals surface area (Å²) in [5.74, 6) is 1.76. The summed E-state index contributed by atoms with van der Waals surface area (Å²) >= 11 is 0. The van der Waals surface area contributed by atoms with Crippen molar-refractivity contribution in [3.63, 3.8) is 0 Å². The second kappa shape index (κ2) is 10.4. The van der Waals surface area contributed by atoms with Gasteiger partial charge in [-0.05, 0) is 41.8 Å². The molecule has 35 heavy (non-hydrogen) atoms. The van der Waals surface area contributed by atoms with E-state index in [0.29, 0.717) is 12.4 Å². The molecule has 2 aromatic carbocycles. The van der Waals surface area contributed by atoms with Gasteiger partial charge in [0, 0.05) is 50.0 Å². The summed E-state index contributed by atoms with van der Waals surface area (Å²) in [4.78, 5) is 11.2. The van der Waals surface area contributed by atoms with E-state index in [2.05, 4.69) is 35.0 Å². The Hall–Kier alpha value is -3.51. The summed E-state index contributed by atoms with van der Waals surface area (Å²) in [7, 11) is 1.78. The molecule has 0 bridgehead atoms. The number of aromatic nitrogens is 1. The molecule has 3 aromatic rings. The standard InChI is InChI=1S/C29H30FN3O2/c1-20-24-8-5-6-10-27(24)35-29(28(20)25-9-4-3-7-22(25)16-31-2)26-12-11-23(17-32-26)34-14-13-33-18-21(15-30)19-33/h3-12,16-17,21,29H,13-15,18-19H2,1-2H3/b31-16-. The Bertz CT molecular complexity index is 1230. The molecule has 2 aliphatic heterocycles. The Morgan fingerprint density at radius 3 is 2.60 bits per heavy atom. The molecule has 0 aliphatic carbocycles. The first-order valence-corrected chi connectivity index (χ1v) is 12.0. The topological polar surface area (TPSA) is 47.0 Å². The first-order chi connectivity index (χ1) is 17.2. The number of hydrogen-bond donors (Lipinski definition) is 0. The first-order valence-electron chi connectivity index (χ1n) is 12.0. The summed E-state index contributed by atoms with van der Waals surface area (Å²) in [6, 6.07) is 20.3. The highest BCUT2D eigenvalue weighted by molar-refractivity contribution is 6.00. The lowest BCUT2D eigenvalue weighted by Crippen LogP contribution is -2.49. The summed E-state index contributed by atoms with van der Waals surface area (Å²) in [5, 5.41) is 0. The van der Waals surface area contributed by atoms with Crippen molar-refractivity contribution in [2.75, 3.05) is 40.0 Å². The van der Waals surface area contributed by atoms with E-state index in [4.69, 9.17) is 14.5 Å². The number of hydrogen-bond acceptors (Lipinski definition) is 5. The van der Waals surface area contributed by atoms with E-state index >= 15 is 0 Å². The minimum Gasteiger partial charge on any atom is -0.491 e. The summed E-state index contributed by atoms with van der Waals surface area (Å²) in [6.45, 7) is 4.89. The molecule has 180 valence electrons. The summed E-state index contributed by atoms with van der Waals surface area (Å²) in [5.41, 5.74) is 6.27. The zero-order valence-corrected chi connectivity index (χ0v) is 20.2. The molecule has 1 unspecified atom stereocenters. The third-order valence-corrected chi connectivity index (χ3v) is 6.68. The van der Waals surface area contributed by atoms with Crippen LogP contribution in [0.1, 0.15) is 35.4 Å². The monoisotopic (exact) mass is 471 g/mol. The maximum absolute atomic E-state index is 12.6. The maximum Gasteiger partial charge on any atom is 0.166 e. The van der Waals surface area contributed by atoms with Crippen molar-refractivity contribution in [2.24, 2.45) is 10.9 Å². The van der Waals surface area contributed by atoms with E-state index in [1.54, 1.807) is 13.2 Å². The highest BCUT2D eigenvalue weighted by Crippen LogP contribution is 2.46. The molecule has 0 radical (unpaired) electrons. The normalized spacial score (nSPS) is 18.3. The predicted octanol–water partition coefficient (Wildman–Crippen LogP) is 5.47. The van der Waals surface area contributed by atoms with Gasteiger partial charge in [0.05, 0.1) is 18.6 Å². The molecule has 0 spiro atoms. The Balaban J connectivity index is 1.40. The molecule has 1 aromatic heterocycles. The van der Waals surface area contributed by atoms with Gasteiger partial charge in [-0.3, -0.25) is 19.3 Å². The number of pyridine rings is 1. The van der Waals surface area contributed by atoms with Crippen LogP contribution in [0, 0.1) is 5.92 Å². The maximum atomic E-state index is 12.6. The molecule has 6 heteroatoms. The molecule has 1 fully saturated rings. The molecular weight excluding hydrogens is 441 g/mol. The molecule has 0 N–H and O–H groups in total. The van der Waals surface area contributed by atoms with Crippen LogP contribution >= 0.6 is 0 Å². The lowest BCUT2D eigenvalue weighted by molar-refractivity contribution is 0.0668. The van der Waals surface area contributed by atoms with Crippen LogP contribution in [-0.2, 0) is 0 Å². The van der Waals surface area contributed by atoms with E-state index in [0.717, 1.165) is 58.9 Å². The van der Waals surface area contributed by atoms with Crippen LogP contribution in [0.5, 0.6) is 11.5 Å². The van der Waals surface area contributed by atoms with E-state index < -0.39 is 0 Å². The zero-order valence-electron chi connectivity index (χ0n) is 20.2. The third-order valence-electron chi connectivity index (χ3n) is 6.68. The predicted molar refractivity (Wildman–Crippen MR) is 138 cm³/mol. The number of nitrogens with zero attached hydrogens (tertiary/aromatic N) is 3. The van der Waals surface area contributed by atoms with Gasteiger partial charge in [-0.2, -0.15) is 0 Å². The molecule has 1 saturated heterocycles. The van der Waals surface area contributed by atoms with Crippen molar-refractivity contribution in [3.8, 4) is 11.5 Å². The number of allylic oxidation sites excluding steroid dienone is 1. The van der Waals surface area contributed by atoms with Crippen molar-refractivity contribution in [1.82, 2.24) is 9.88 Å². The first kappa shape index (κ1) is 23.2. The van der Waals surface area contributed by atoms with Crippen molar-refractivity contribution in [3.05, 3.63) is 89.2 Å². The molecule has 1 atom stereocenters. The second-order valence-corrected chi connectivity index (χ2v) is 9.05. The van der Waals surface area contributed by atoms with Crippen molar-refractivity contribution < 1.29 is 13.9 Å². The molecule has 5 rings (SSSR count). The molecule has 2 aliphatic rings. The largest absolute Gasteiger partial charge is 0.491 e. The quantitative estimate of drug-likeness (QED) is 0.409. The van der Waals surface area contributed by atoms with Gasteiger partial charge in [-0.25, -0.2) is 0 Å². The Morgan fingerprint density at radius 2 is 1.86 bits per heavy atom. The Labute approximate surface area is 205 Å². The lowest BCUT2D eigenvalue weighted by atomic mass is 9.86. The number of fused-ring (bicyclic) bond motifs is 1. The number of halogens is 1. The van der Waals surface area contributed by atoms with Gasteiger partial charge in [-0.1, -0.05) is 42.5 Å². The van der Waals surface area contributed by atoms with Gasteiger partial charge >= 0.3 is 0 Å². The van der Waals surface area contributed by atoms with Crippen LogP contribution in [0.4, 0.5) is 4.39 Å². The fourth-order valence-electron chi connectivity index (χ4n) is 4.83. The van der Waals surface area contributed by atoms with E-state index in [1.807, 2.05) is 48.7 Å². The molecule has 5 nitrogen and oxygen atoms in total. The van der Waals surface area contributed by atoms with Gasteiger partial charge < -0.3 is 9.47 Å².